The van der Waals surface area contributed by atoms with E-state index in [-0.39, 0.29) is 114 Å². The first-order valence-electron chi connectivity index (χ1n) is 0. The summed E-state index contributed by atoms with van der Waals surface area (Å²) in [6, 6.07) is 0. The van der Waals surface area contributed by atoms with Gasteiger partial charge in [0, 0.05) is 0 Å². The van der Waals surface area contributed by atoms with E-state index < -0.39 is 0 Å². The van der Waals surface area contributed by atoms with Gasteiger partial charge in [-0.2, -0.15) is 0 Å². The zero-order chi connectivity index (χ0) is 0. The molecule has 0 atom stereocenters. The Morgan fingerprint density at radius 1 is 0.750 bits per heavy atom. The molecule has 0 bridgehead atoms. The van der Waals surface area contributed by atoms with E-state index in [0.717, 1.165) is 0 Å². The van der Waals surface area contributed by atoms with Gasteiger partial charge in [-0.1, -0.05) is 0 Å². The molecular weight excluding hydrogens is 307 g/mol. The van der Waals surface area contributed by atoms with Crippen LogP contribution in [0.3, 0.4) is 0 Å². The van der Waals surface area contributed by atoms with Gasteiger partial charge in [-0.25, -0.2) is 0 Å². The second-order valence-corrected chi connectivity index (χ2v) is 0. The average Bonchev–Trinajstić information content (AvgIpc) is 0. The summed E-state index contributed by atoms with van der Waals surface area (Å²) in [5.41, 5.74) is 0. The van der Waals surface area contributed by atoms with Gasteiger partial charge in [-0.3, -0.25) is 0 Å². The van der Waals surface area contributed by atoms with Crippen LogP contribution in [-0.4, -0.2) is 109 Å². The average molecular weight is 315 g/mol. The van der Waals surface area contributed by atoms with Crippen LogP contribution < -0.4 is 0 Å². The quantitative estimate of drug-likeness (QED) is 0.466. The Morgan fingerprint density at radius 2 is 0.750 bits per heavy atom. The van der Waals surface area contributed by atoms with Crippen LogP contribution in [0.1, 0.15) is 5.71 Å². The van der Waals surface area contributed by atoms with Gasteiger partial charge < -0.3 is 16.7 Å². The fourth-order valence-electron chi connectivity index (χ4n) is 0. The molecule has 0 heterocycles. The van der Waals surface area contributed by atoms with Gasteiger partial charge in [0.2, 0.25) is 0 Å². The molecule has 4 heteroatoms. The minimum absolute atomic E-state index is 0. The van der Waals surface area contributed by atoms with Crippen LogP contribution in [0.4, 0.5) is 0 Å². The molecule has 4 N–H and O–H groups in total. The molecule has 0 radical (unpaired) electrons. The van der Waals surface area contributed by atoms with Crippen molar-refractivity contribution in [1.82, 2.24) is 0 Å². The van der Waals surface area contributed by atoms with Gasteiger partial charge >= 0.3 is 97.8 Å². The van der Waals surface area contributed by atoms with E-state index in [2.05, 4.69) is 0 Å². The molecule has 0 spiro atoms. The molecule has 4 heavy (non-hydrogen) atoms. The summed E-state index contributed by atoms with van der Waals surface area (Å²) in [5.74, 6) is 0. The monoisotopic (exact) mass is 316 g/mol. The van der Waals surface area contributed by atoms with Gasteiger partial charge in [0.25, 0.3) is 0 Å². The van der Waals surface area contributed by atoms with Crippen molar-refractivity contribution < 1.29 is 16.7 Å². The summed E-state index contributed by atoms with van der Waals surface area (Å²) in [4.78, 5) is 0. The maximum absolute atomic E-state index is 0. The Hall–Kier alpha value is 3.06. The van der Waals surface area contributed by atoms with E-state index in [4.69, 9.17) is 0 Å². The van der Waals surface area contributed by atoms with Crippen LogP contribution in [0, 0.1) is 0 Å². The van der Waals surface area contributed by atoms with Crippen molar-refractivity contribution in [3.8, 4) is 0 Å². The number of hydrogen-bond acceptors (Lipinski definition) is 0. The Morgan fingerprint density at radius 3 is 0.750 bits per heavy atom. The largest absolute Gasteiger partial charge is 2.00 e. The van der Waals surface area contributed by atoms with Crippen LogP contribution in [0.5, 0.6) is 0 Å². The maximum atomic E-state index is 0. The summed E-state index contributed by atoms with van der Waals surface area (Å²) in [6.45, 7) is 0. The van der Waals surface area contributed by atoms with E-state index in [1.165, 1.54) is 0 Å². The van der Waals surface area contributed by atoms with E-state index in [1.807, 2.05) is 0 Å². The maximum Gasteiger partial charge on any atom is 2.00 e. The van der Waals surface area contributed by atoms with Crippen molar-refractivity contribution in [2.75, 3.05) is 0 Å². The Balaban J connectivity index is 0. The fourth-order valence-corrected chi connectivity index (χ4v) is 0. The third kappa shape index (κ3) is 8.91. The molecule has 24 valence electrons. The summed E-state index contributed by atoms with van der Waals surface area (Å²) < 4.78 is 0. The van der Waals surface area contributed by atoms with Crippen molar-refractivity contribution in [3.05, 3.63) is 0 Å². The first kappa shape index (κ1) is 27.7. The molecular formula is H8Ba2O2. The zero-order valence-corrected chi connectivity index (χ0v) is 11.3. The van der Waals surface area contributed by atoms with E-state index in [0.29, 0.717) is 0 Å². The predicted octanol–water partition coefficient (Wildman–Crippen LogP) is -1.96. The zero-order valence-electron chi connectivity index (χ0n) is 6.41. The van der Waals surface area contributed by atoms with E-state index in [1.54, 1.807) is 0 Å². The van der Waals surface area contributed by atoms with Crippen LogP contribution in [-0.2, 0) is 0 Å². The summed E-state index contributed by atoms with van der Waals surface area (Å²) >= 11 is 0. The molecule has 0 rings (SSSR count). The predicted molar refractivity (Wildman–Crippen MR) is 23.2 cm³/mol. The number of hydrogen-bond donors (Lipinski definition) is 0. The molecule has 0 saturated carbocycles. The van der Waals surface area contributed by atoms with Crippen molar-refractivity contribution in [3.63, 3.8) is 0 Å². The minimum atomic E-state index is 0. The van der Waals surface area contributed by atoms with Gasteiger partial charge in [0.15, 0.2) is 0 Å². The van der Waals surface area contributed by atoms with Crippen molar-refractivity contribution >= 4 is 97.8 Å². The van der Waals surface area contributed by atoms with Gasteiger partial charge in [-0.05, 0) is 0 Å². The first-order valence-corrected chi connectivity index (χ1v) is 0. The molecule has 0 aliphatic heterocycles. The third-order valence-corrected chi connectivity index (χ3v) is 0. The fraction of sp³-hybridized carbons (Fsp3) is 0. The Kier molecular flexibility index (Phi) is 115. The smallest absolute Gasteiger partial charge is 1.00 e. The number of rotatable bonds is 0. The molecule has 0 aromatic carbocycles. The molecule has 0 aliphatic rings. The standard InChI is InChI=1S/2Ba.2H2O.4H/h;;2*1H2;;;;/q2*+2;;;4*-1. The first-order chi connectivity index (χ1) is 0. The molecule has 0 amide bonds. The van der Waals surface area contributed by atoms with Crippen LogP contribution in [0.15, 0.2) is 0 Å². The SMILES string of the molecule is O.O.[Ba+2].[Ba+2].[H-].[H-].[H-].[H-]. The molecule has 0 saturated heterocycles. The van der Waals surface area contributed by atoms with Crippen LogP contribution in [0.25, 0.3) is 0 Å². The summed E-state index contributed by atoms with van der Waals surface area (Å²) in [6.07, 6.45) is 0. The second-order valence-electron chi connectivity index (χ2n) is 0. The van der Waals surface area contributed by atoms with Gasteiger partial charge in [0.1, 0.15) is 0 Å². The summed E-state index contributed by atoms with van der Waals surface area (Å²) in [5, 5.41) is 0. The molecule has 0 aromatic heterocycles. The third-order valence-electron chi connectivity index (χ3n) is 0. The van der Waals surface area contributed by atoms with Gasteiger partial charge in [0.05, 0.1) is 0 Å². The molecule has 0 unspecified atom stereocenters. The van der Waals surface area contributed by atoms with E-state index >= 15 is 0 Å². The molecule has 2 nitrogen and oxygen atoms in total. The molecule has 0 aromatic rings. The van der Waals surface area contributed by atoms with Crippen molar-refractivity contribution in [1.29, 1.82) is 0 Å². The van der Waals surface area contributed by atoms with Crippen molar-refractivity contribution in [2.45, 2.75) is 0 Å². The normalized spacial score (nSPS) is 0. The van der Waals surface area contributed by atoms with Crippen LogP contribution >= 0.6 is 0 Å². The van der Waals surface area contributed by atoms with E-state index in [9.17, 15) is 0 Å². The van der Waals surface area contributed by atoms with Gasteiger partial charge in [-0.15, -0.1) is 0 Å². The molecule has 0 fully saturated rings. The minimum Gasteiger partial charge on any atom is -1.00 e. The molecule has 0 aliphatic carbocycles. The topological polar surface area (TPSA) is 63.0 Å². The van der Waals surface area contributed by atoms with Crippen molar-refractivity contribution in [2.24, 2.45) is 0 Å². The summed E-state index contributed by atoms with van der Waals surface area (Å²) in [7, 11) is 0. The Bertz CT molecular complexity index is 12.0. The van der Waals surface area contributed by atoms with Crippen LogP contribution in [0.2, 0.25) is 0 Å². The Labute approximate surface area is 111 Å². The second kappa shape index (κ2) is 16.6.